The van der Waals surface area contributed by atoms with Crippen molar-refractivity contribution in [2.45, 2.75) is 33.6 Å². The van der Waals surface area contributed by atoms with Gasteiger partial charge in [0.15, 0.2) is 0 Å². The number of carbonyl (C=O) groups is 1. The second-order valence-electron chi connectivity index (χ2n) is 4.29. The van der Waals surface area contributed by atoms with E-state index in [2.05, 4.69) is 35.5 Å². The van der Waals surface area contributed by atoms with Gasteiger partial charge in [0, 0.05) is 6.42 Å². The Bertz CT molecular complexity index is 517. The summed E-state index contributed by atoms with van der Waals surface area (Å²) in [7, 11) is 0. The highest BCUT2D eigenvalue weighted by molar-refractivity contribution is 5.69. The minimum absolute atomic E-state index is 0.136. The smallest absolute Gasteiger partial charge is 0.306 e. The van der Waals surface area contributed by atoms with Crippen LogP contribution in [0.2, 0.25) is 0 Å². The van der Waals surface area contributed by atoms with Gasteiger partial charge in [-0.2, -0.15) is 0 Å². The van der Waals surface area contributed by atoms with Crippen molar-refractivity contribution in [3.63, 3.8) is 0 Å². The molecular weight excluding hydrogens is 248 g/mol. The third-order valence-corrected chi connectivity index (χ3v) is 1.93. The van der Waals surface area contributed by atoms with Gasteiger partial charge in [0.05, 0.1) is 6.61 Å². The summed E-state index contributed by atoms with van der Waals surface area (Å²) in [4.78, 5) is 11.2. The summed E-state index contributed by atoms with van der Waals surface area (Å²) in [6.07, 6.45) is 8.49. The molecule has 0 spiro atoms. The molecule has 0 saturated heterocycles. The molecule has 0 atom stereocenters. The molecule has 0 fully saturated rings. The van der Waals surface area contributed by atoms with Crippen LogP contribution in [0.15, 0.2) is 24.3 Å². The number of esters is 1. The third kappa shape index (κ3) is 13.7. The van der Waals surface area contributed by atoms with Gasteiger partial charge < -0.3 is 4.74 Å². The molecule has 0 aromatic carbocycles. The van der Waals surface area contributed by atoms with E-state index in [1.54, 1.807) is 13.0 Å². The Balaban J connectivity index is 3.74. The summed E-state index contributed by atoms with van der Waals surface area (Å²) in [5.41, 5.74) is 0. The van der Waals surface area contributed by atoms with Crippen LogP contribution in [0.3, 0.4) is 0 Å². The van der Waals surface area contributed by atoms with E-state index in [9.17, 15) is 4.79 Å². The predicted octanol–water partition coefficient (Wildman–Crippen LogP) is 3.11. The summed E-state index contributed by atoms with van der Waals surface area (Å²) < 4.78 is 5.06. The van der Waals surface area contributed by atoms with Crippen LogP contribution in [0, 0.1) is 41.4 Å². The number of allylic oxidation sites excluding steroid dienone is 3. The lowest BCUT2D eigenvalue weighted by Crippen LogP contribution is -2.08. The van der Waals surface area contributed by atoms with Gasteiger partial charge in [-0.25, -0.2) is 0 Å². The maximum Gasteiger partial charge on any atom is 0.306 e. The Morgan fingerprint density at radius 3 is 2.60 bits per heavy atom. The number of hydrogen-bond acceptors (Lipinski definition) is 2. The van der Waals surface area contributed by atoms with E-state index in [1.165, 1.54) is 0 Å². The quantitative estimate of drug-likeness (QED) is 0.320. The number of ether oxygens (including phenoxy) is 1. The van der Waals surface area contributed by atoms with Crippen LogP contribution in [-0.2, 0) is 9.53 Å². The SMILES string of the molecule is CC#CC#CC#CC=CC=CCCOC(=O)CC(C)C. The fourth-order valence-corrected chi connectivity index (χ4v) is 1.11. The van der Waals surface area contributed by atoms with Crippen LogP contribution >= 0.6 is 0 Å². The van der Waals surface area contributed by atoms with Crippen LogP contribution in [0.4, 0.5) is 0 Å². The summed E-state index contributed by atoms with van der Waals surface area (Å²) in [6.45, 7) is 6.13. The van der Waals surface area contributed by atoms with Gasteiger partial charge in [-0.15, -0.1) is 0 Å². The van der Waals surface area contributed by atoms with E-state index in [0.717, 1.165) is 0 Å². The zero-order valence-corrected chi connectivity index (χ0v) is 12.3. The zero-order chi connectivity index (χ0) is 15.1. The number of carbonyl (C=O) groups excluding carboxylic acids is 1. The van der Waals surface area contributed by atoms with E-state index in [-0.39, 0.29) is 5.97 Å². The largest absolute Gasteiger partial charge is 0.465 e. The molecule has 0 aliphatic carbocycles. The molecule has 0 rings (SSSR count). The van der Waals surface area contributed by atoms with Crippen molar-refractivity contribution in [2.24, 2.45) is 5.92 Å². The Hall–Kier alpha value is -2.37. The molecule has 0 heterocycles. The summed E-state index contributed by atoms with van der Waals surface area (Å²) in [5, 5.41) is 0. The second-order valence-corrected chi connectivity index (χ2v) is 4.29. The van der Waals surface area contributed by atoms with Gasteiger partial charge in [0.2, 0.25) is 0 Å². The van der Waals surface area contributed by atoms with E-state index in [1.807, 2.05) is 32.1 Å². The topological polar surface area (TPSA) is 26.3 Å². The molecule has 0 saturated carbocycles. The standard InChI is InChI=1S/C18H20O2/c1-4-5-6-7-8-9-10-11-12-13-14-15-20-18(19)16-17(2)3/h10-13,17H,14-16H2,1-3H3. The van der Waals surface area contributed by atoms with Crippen molar-refractivity contribution in [2.75, 3.05) is 6.61 Å². The van der Waals surface area contributed by atoms with Crippen molar-refractivity contribution < 1.29 is 9.53 Å². The van der Waals surface area contributed by atoms with Gasteiger partial charge >= 0.3 is 5.97 Å². The highest BCUT2D eigenvalue weighted by Gasteiger charge is 2.04. The van der Waals surface area contributed by atoms with Crippen molar-refractivity contribution in [1.82, 2.24) is 0 Å². The normalized spacial score (nSPS) is 9.40. The van der Waals surface area contributed by atoms with Gasteiger partial charge in [-0.1, -0.05) is 43.9 Å². The highest BCUT2D eigenvalue weighted by atomic mass is 16.5. The molecule has 0 aliphatic rings. The fourth-order valence-electron chi connectivity index (χ4n) is 1.11. The van der Waals surface area contributed by atoms with Crippen LogP contribution in [-0.4, -0.2) is 12.6 Å². The first-order chi connectivity index (χ1) is 9.66. The lowest BCUT2D eigenvalue weighted by molar-refractivity contribution is -0.144. The van der Waals surface area contributed by atoms with Crippen LogP contribution < -0.4 is 0 Å². The molecule has 0 aromatic rings. The van der Waals surface area contributed by atoms with Crippen molar-refractivity contribution in [3.8, 4) is 35.5 Å². The van der Waals surface area contributed by atoms with Crippen molar-refractivity contribution >= 4 is 5.97 Å². The van der Waals surface area contributed by atoms with E-state index < -0.39 is 0 Å². The minimum Gasteiger partial charge on any atom is -0.465 e. The van der Waals surface area contributed by atoms with Crippen molar-refractivity contribution in [3.05, 3.63) is 24.3 Å². The third-order valence-electron chi connectivity index (χ3n) is 1.93. The first kappa shape index (κ1) is 17.6. The average Bonchev–Trinajstić information content (AvgIpc) is 2.39. The van der Waals surface area contributed by atoms with E-state index in [4.69, 9.17) is 4.74 Å². The maximum absolute atomic E-state index is 11.2. The Morgan fingerprint density at radius 2 is 1.90 bits per heavy atom. The molecule has 20 heavy (non-hydrogen) atoms. The summed E-state index contributed by atoms with van der Waals surface area (Å²) in [5.74, 6) is 16.1. The van der Waals surface area contributed by atoms with Gasteiger partial charge in [-0.3, -0.25) is 4.79 Å². The Labute approximate surface area is 122 Å². The Morgan fingerprint density at radius 1 is 1.15 bits per heavy atom. The molecule has 0 bridgehead atoms. The first-order valence-corrected chi connectivity index (χ1v) is 6.56. The average molecular weight is 268 g/mol. The van der Waals surface area contributed by atoms with Crippen molar-refractivity contribution in [1.29, 1.82) is 0 Å². The molecule has 2 heteroatoms. The number of hydrogen-bond donors (Lipinski definition) is 0. The monoisotopic (exact) mass is 268 g/mol. The molecule has 0 aliphatic heterocycles. The maximum atomic E-state index is 11.2. The summed E-state index contributed by atoms with van der Waals surface area (Å²) in [6, 6.07) is 0. The molecule has 0 amide bonds. The minimum atomic E-state index is -0.136. The lowest BCUT2D eigenvalue weighted by Gasteiger charge is -2.04. The van der Waals surface area contributed by atoms with Gasteiger partial charge in [0.1, 0.15) is 0 Å². The molecule has 0 radical (unpaired) electrons. The van der Waals surface area contributed by atoms with Crippen LogP contribution in [0.1, 0.15) is 33.6 Å². The predicted molar refractivity (Wildman–Crippen MR) is 82.3 cm³/mol. The second kappa shape index (κ2) is 13.1. The molecule has 0 unspecified atom stereocenters. The molecule has 0 aromatic heterocycles. The zero-order valence-electron chi connectivity index (χ0n) is 12.3. The molecule has 104 valence electrons. The Kier molecular flexibility index (Phi) is 11.5. The molecule has 0 N–H and O–H groups in total. The number of rotatable bonds is 6. The van der Waals surface area contributed by atoms with Crippen LogP contribution in [0.25, 0.3) is 0 Å². The fraction of sp³-hybridized carbons (Fsp3) is 0.389. The highest BCUT2D eigenvalue weighted by Crippen LogP contribution is 2.01. The van der Waals surface area contributed by atoms with E-state index >= 15 is 0 Å². The van der Waals surface area contributed by atoms with Crippen LogP contribution in [0.5, 0.6) is 0 Å². The molecular formula is C18H20O2. The van der Waals surface area contributed by atoms with E-state index in [0.29, 0.717) is 25.4 Å². The lowest BCUT2D eigenvalue weighted by atomic mass is 10.1. The summed E-state index contributed by atoms with van der Waals surface area (Å²) >= 11 is 0. The van der Waals surface area contributed by atoms with Gasteiger partial charge in [-0.05, 0) is 49.0 Å². The molecule has 2 nitrogen and oxygen atoms in total. The first-order valence-electron chi connectivity index (χ1n) is 6.56. The van der Waals surface area contributed by atoms with Gasteiger partial charge in [0.25, 0.3) is 0 Å².